The first-order chi connectivity index (χ1) is 9.33. The summed E-state index contributed by atoms with van der Waals surface area (Å²) in [4.78, 5) is 12.9. The van der Waals surface area contributed by atoms with Crippen LogP contribution in [0.25, 0.3) is 0 Å². The molecule has 0 radical (unpaired) electrons. The number of ether oxygens (including phenoxy) is 1. The van der Waals surface area contributed by atoms with E-state index in [-0.39, 0.29) is 11.2 Å². The molecule has 0 bridgehead atoms. The standard InChI is InChI=1S/C17H20O2/c18-16(15-10-7-13-19-15)17(11-5-2-6-12-17)14-8-3-1-4-9-14/h1,3-4,8-10H,2,5-7,11-13H2. The summed E-state index contributed by atoms with van der Waals surface area (Å²) in [6, 6.07) is 10.3. The van der Waals surface area contributed by atoms with Crippen molar-refractivity contribution in [1.29, 1.82) is 0 Å². The molecule has 100 valence electrons. The second kappa shape index (κ2) is 5.20. The SMILES string of the molecule is O=C(C1=CCCO1)C1(c2ccccc2)CCCCC1. The Bertz CT molecular complexity index is 481. The highest BCUT2D eigenvalue weighted by molar-refractivity contribution is 6.02. The second-order valence-corrected chi connectivity index (χ2v) is 5.54. The van der Waals surface area contributed by atoms with Crippen molar-refractivity contribution < 1.29 is 9.53 Å². The minimum absolute atomic E-state index is 0.205. The number of Topliss-reactive ketones (excluding diaryl/α,β-unsaturated/α-hetero) is 1. The zero-order valence-corrected chi connectivity index (χ0v) is 11.2. The maximum absolute atomic E-state index is 12.9. The first-order valence-corrected chi connectivity index (χ1v) is 7.26. The summed E-state index contributed by atoms with van der Waals surface area (Å²) < 4.78 is 5.53. The Balaban J connectivity index is 1.99. The second-order valence-electron chi connectivity index (χ2n) is 5.54. The summed E-state index contributed by atoms with van der Waals surface area (Å²) in [5, 5.41) is 0. The van der Waals surface area contributed by atoms with Crippen molar-refractivity contribution in [3.63, 3.8) is 0 Å². The van der Waals surface area contributed by atoms with Gasteiger partial charge in [0.25, 0.3) is 0 Å². The van der Waals surface area contributed by atoms with E-state index in [1.807, 2.05) is 24.3 Å². The molecule has 19 heavy (non-hydrogen) atoms. The van der Waals surface area contributed by atoms with Gasteiger partial charge in [-0.1, -0.05) is 49.6 Å². The van der Waals surface area contributed by atoms with E-state index in [1.165, 1.54) is 6.42 Å². The molecule has 1 aliphatic carbocycles. The van der Waals surface area contributed by atoms with Gasteiger partial charge < -0.3 is 4.74 Å². The van der Waals surface area contributed by atoms with Crippen LogP contribution in [0.3, 0.4) is 0 Å². The van der Waals surface area contributed by atoms with Crippen molar-refractivity contribution in [1.82, 2.24) is 0 Å². The normalized spacial score (nSPS) is 21.6. The summed E-state index contributed by atoms with van der Waals surface area (Å²) in [7, 11) is 0. The van der Waals surface area contributed by atoms with Gasteiger partial charge in [-0.05, 0) is 24.5 Å². The summed E-state index contributed by atoms with van der Waals surface area (Å²) >= 11 is 0. The molecule has 0 aromatic heterocycles. The predicted molar refractivity (Wildman–Crippen MR) is 74.9 cm³/mol. The molecule has 1 saturated carbocycles. The molecule has 1 fully saturated rings. The number of carbonyl (C=O) groups excluding carboxylic acids is 1. The Morgan fingerprint density at radius 2 is 1.79 bits per heavy atom. The molecule has 1 aromatic carbocycles. The number of hydrogen-bond donors (Lipinski definition) is 0. The van der Waals surface area contributed by atoms with Crippen LogP contribution in [-0.4, -0.2) is 12.4 Å². The van der Waals surface area contributed by atoms with Crippen molar-refractivity contribution in [2.45, 2.75) is 43.9 Å². The number of allylic oxidation sites excluding steroid dienone is 1. The molecule has 0 atom stereocenters. The van der Waals surface area contributed by atoms with Gasteiger partial charge in [-0.3, -0.25) is 4.79 Å². The fraction of sp³-hybridized carbons (Fsp3) is 0.471. The van der Waals surface area contributed by atoms with Crippen LogP contribution in [0.2, 0.25) is 0 Å². The minimum atomic E-state index is -0.338. The van der Waals surface area contributed by atoms with Gasteiger partial charge in [0.1, 0.15) is 0 Å². The fourth-order valence-electron chi connectivity index (χ4n) is 3.37. The fourth-order valence-corrected chi connectivity index (χ4v) is 3.37. The molecular weight excluding hydrogens is 236 g/mol. The number of carbonyl (C=O) groups is 1. The van der Waals surface area contributed by atoms with Gasteiger partial charge in [-0.15, -0.1) is 0 Å². The lowest BCUT2D eigenvalue weighted by Crippen LogP contribution is -2.39. The highest BCUT2D eigenvalue weighted by atomic mass is 16.5. The first-order valence-electron chi connectivity index (χ1n) is 7.26. The smallest absolute Gasteiger partial charge is 0.207 e. The molecule has 0 saturated heterocycles. The Morgan fingerprint density at radius 1 is 1.05 bits per heavy atom. The molecule has 1 aliphatic heterocycles. The number of benzene rings is 1. The van der Waals surface area contributed by atoms with Crippen LogP contribution >= 0.6 is 0 Å². The van der Waals surface area contributed by atoms with Crippen molar-refractivity contribution in [3.8, 4) is 0 Å². The Morgan fingerprint density at radius 3 is 2.42 bits per heavy atom. The molecular formula is C17H20O2. The maximum atomic E-state index is 12.9. The molecule has 1 heterocycles. The van der Waals surface area contributed by atoms with Gasteiger partial charge in [0, 0.05) is 6.42 Å². The van der Waals surface area contributed by atoms with Crippen LogP contribution in [0.15, 0.2) is 42.2 Å². The van der Waals surface area contributed by atoms with E-state index < -0.39 is 0 Å². The Hall–Kier alpha value is -1.57. The zero-order chi connectivity index (χ0) is 13.1. The van der Waals surface area contributed by atoms with E-state index >= 15 is 0 Å². The van der Waals surface area contributed by atoms with Gasteiger partial charge >= 0.3 is 0 Å². The summed E-state index contributed by atoms with van der Waals surface area (Å²) in [6.45, 7) is 0.659. The Labute approximate surface area is 114 Å². The highest BCUT2D eigenvalue weighted by Crippen LogP contribution is 2.42. The Kier molecular flexibility index (Phi) is 3.41. The summed E-state index contributed by atoms with van der Waals surface area (Å²) in [5.74, 6) is 0.807. The molecule has 0 unspecified atom stereocenters. The molecule has 2 heteroatoms. The largest absolute Gasteiger partial charge is 0.490 e. The van der Waals surface area contributed by atoms with Crippen LogP contribution in [0.4, 0.5) is 0 Å². The molecule has 0 spiro atoms. The van der Waals surface area contributed by atoms with Gasteiger partial charge in [0.05, 0.1) is 12.0 Å². The lowest BCUT2D eigenvalue weighted by molar-refractivity contribution is -0.125. The molecule has 2 aliphatic rings. The quantitative estimate of drug-likeness (QED) is 0.823. The van der Waals surface area contributed by atoms with Gasteiger partial charge in [-0.25, -0.2) is 0 Å². The van der Waals surface area contributed by atoms with Crippen LogP contribution in [0.5, 0.6) is 0 Å². The van der Waals surface area contributed by atoms with Crippen LogP contribution < -0.4 is 0 Å². The lowest BCUT2D eigenvalue weighted by Gasteiger charge is -2.36. The highest BCUT2D eigenvalue weighted by Gasteiger charge is 2.43. The van der Waals surface area contributed by atoms with E-state index in [4.69, 9.17) is 4.74 Å². The third-order valence-corrected chi connectivity index (χ3v) is 4.40. The third kappa shape index (κ3) is 2.20. The van der Waals surface area contributed by atoms with Gasteiger partial charge in [-0.2, -0.15) is 0 Å². The van der Waals surface area contributed by atoms with Crippen molar-refractivity contribution in [2.75, 3.05) is 6.61 Å². The topological polar surface area (TPSA) is 26.3 Å². The lowest BCUT2D eigenvalue weighted by atomic mass is 9.66. The summed E-state index contributed by atoms with van der Waals surface area (Å²) in [5.41, 5.74) is 0.825. The number of ketones is 1. The van der Waals surface area contributed by atoms with E-state index in [9.17, 15) is 4.79 Å². The molecule has 0 N–H and O–H groups in total. The van der Waals surface area contributed by atoms with Gasteiger partial charge in [0.15, 0.2) is 5.76 Å². The zero-order valence-electron chi connectivity index (χ0n) is 11.2. The first kappa shape index (κ1) is 12.5. The predicted octanol–water partition coefficient (Wildman–Crippen LogP) is 3.76. The summed E-state index contributed by atoms with van der Waals surface area (Å²) in [6.07, 6.45) is 8.24. The van der Waals surface area contributed by atoms with Crippen molar-refractivity contribution in [2.24, 2.45) is 0 Å². The number of rotatable bonds is 3. The molecule has 1 aromatic rings. The maximum Gasteiger partial charge on any atom is 0.207 e. The average Bonchev–Trinajstić information content (AvgIpc) is 3.02. The van der Waals surface area contributed by atoms with Crippen molar-refractivity contribution >= 4 is 5.78 Å². The third-order valence-electron chi connectivity index (χ3n) is 4.40. The van der Waals surface area contributed by atoms with Crippen LogP contribution in [0.1, 0.15) is 44.1 Å². The van der Waals surface area contributed by atoms with E-state index in [0.717, 1.165) is 37.7 Å². The molecule has 3 rings (SSSR count). The van der Waals surface area contributed by atoms with E-state index in [1.54, 1.807) is 0 Å². The van der Waals surface area contributed by atoms with Crippen LogP contribution in [0, 0.1) is 0 Å². The van der Waals surface area contributed by atoms with E-state index in [2.05, 4.69) is 12.1 Å². The molecule has 0 amide bonds. The minimum Gasteiger partial charge on any atom is -0.490 e. The number of hydrogen-bond acceptors (Lipinski definition) is 2. The molecule has 2 nitrogen and oxygen atoms in total. The van der Waals surface area contributed by atoms with Gasteiger partial charge in [0.2, 0.25) is 5.78 Å². The van der Waals surface area contributed by atoms with Crippen LogP contribution in [-0.2, 0) is 14.9 Å². The van der Waals surface area contributed by atoms with E-state index in [0.29, 0.717) is 12.4 Å². The average molecular weight is 256 g/mol. The van der Waals surface area contributed by atoms with Crippen molar-refractivity contribution in [3.05, 3.63) is 47.7 Å². The monoisotopic (exact) mass is 256 g/mol.